The van der Waals surface area contributed by atoms with E-state index >= 15 is 0 Å². The molecule has 1 aromatic rings. The van der Waals surface area contributed by atoms with Gasteiger partial charge < -0.3 is 15.5 Å². The van der Waals surface area contributed by atoms with Crippen molar-refractivity contribution in [3.05, 3.63) is 34.9 Å². The van der Waals surface area contributed by atoms with Crippen molar-refractivity contribution >= 4 is 5.91 Å². The lowest BCUT2D eigenvalue weighted by atomic mass is 9.92. The van der Waals surface area contributed by atoms with Crippen LogP contribution in [0.15, 0.2) is 18.2 Å². The Morgan fingerprint density at radius 3 is 2.81 bits per heavy atom. The van der Waals surface area contributed by atoms with Crippen molar-refractivity contribution in [2.45, 2.75) is 44.8 Å². The highest BCUT2D eigenvalue weighted by Gasteiger charge is 2.24. The Balaban J connectivity index is 2.07. The Morgan fingerprint density at radius 1 is 1.38 bits per heavy atom. The van der Waals surface area contributed by atoms with Crippen molar-refractivity contribution in [3.63, 3.8) is 0 Å². The molecule has 4 nitrogen and oxygen atoms in total. The van der Waals surface area contributed by atoms with Crippen LogP contribution < -0.4 is 5.32 Å². The number of hydrogen-bond acceptors (Lipinski definition) is 3. The number of nitrogens with one attached hydrogen (secondary N) is 1. The molecule has 0 aliphatic heterocycles. The van der Waals surface area contributed by atoms with Gasteiger partial charge in [0.15, 0.2) is 0 Å². The van der Waals surface area contributed by atoms with Gasteiger partial charge in [0.25, 0.3) is 5.91 Å². The molecule has 0 aromatic heterocycles. The summed E-state index contributed by atoms with van der Waals surface area (Å²) in [6.45, 7) is 1.70. The number of rotatable bonds is 2. The molecule has 0 bridgehead atoms. The van der Waals surface area contributed by atoms with Gasteiger partial charge in [-0.2, -0.15) is 0 Å². The molecule has 0 saturated heterocycles. The average Bonchev–Trinajstić information content (AvgIpc) is 2.48. The lowest BCUT2D eigenvalue weighted by Gasteiger charge is -2.28. The average molecular weight is 287 g/mol. The van der Waals surface area contributed by atoms with Crippen molar-refractivity contribution in [3.8, 4) is 11.8 Å². The van der Waals surface area contributed by atoms with Crippen LogP contribution in [0.4, 0.5) is 0 Å². The molecule has 1 amide bonds. The van der Waals surface area contributed by atoms with Gasteiger partial charge in [0.2, 0.25) is 0 Å². The predicted molar refractivity (Wildman–Crippen MR) is 80.9 cm³/mol. The summed E-state index contributed by atoms with van der Waals surface area (Å²) in [4.78, 5) is 12.2. The molecule has 112 valence electrons. The minimum atomic E-state index is -0.446. The SMILES string of the molecule is Cc1cc(C(=O)NC2CCCCC2O)ccc1C#CCO. The third-order valence-corrected chi connectivity index (χ3v) is 3.84. The van der Waals surface area contributed by atoms with Gasteiger partial charge in [0.05, 0.1) is 12.1 Å². The zero-order valence-electron chi connectivity index (χ0n) is 12.2. The third kappa shape index (κ3) is 4.07. The molecule has 21 heavy (non-hydrogen) atoms. The van der Waals surface area contributed by atoms with Crippen molar-refractivity contribution in [1.29, 1.82) is 0 Å². The summed E-state index contributed by atoms with van der Waals surface area (Å²) in [6.07, 6.45) is 3.19. The minimum absolute atomic E-state index is 0.152. The van der Waals surface area contributed by atoms with Gasteiger partial charge in [-0.1, -0.05) is 24.7 Å². The van der Waals surface area contributed by atoms with Crippen LogP contribution in [-0.4, -0.2) is 34.9 Å². The number of hydrogen-bond donors (Lipinski definition) is 3. The minimum Gasteiger partial charge on any atom is -0.391 e. The van der Waals surface area contributed by atoms with Gasteiger partial charge in [-0.15, -0.1) is 0 Å². The first-order valence-electron chi connectivity index (χ1n) is 7.31. The lowest BCUT2D eigenvalue weighted by molar-refractivity contribution is 0.0717. The van der Waals surface area contributed by atoms with Gasteiger partial charge in [0.1, 0.15) is 6.61 Å². The maximum atomic E-state index is 12.2. The monoisotopic (exact) mass is 287 g/mol. The summed E-state index contributed by atoms with van der Waals surface area (Å²) in [5.41, 5.74) is 2.27. The third-order valence-electron chi connectivity index (χ3n) is 3.84. The van der Waals surface area contributed by atoms with Crippen LogP contribution in [0.5, 0.6) is 0 Å². The highest BCUT2D eigenvalue weighted by atomic mass is 16.3. The molecule has 3 N–H and O–H groups in total. The Hall–Kier alpha value is -1.83. The zero-order chi connectivity index (χ0) is 15.2. The molecule has 0 spiro atoms. The summed E-state index contributed by atoms with van der Waals surface area (Å²) in [5.74, 6) is 5.28. The molecule has 1 aliphatic carbocycles. The number of carbonyl (C=O) groups is 1. The van der Waals surface area contributed by atoms with Crippen LogP contribution >= 0.6 is 0 Å². The topological polar surface area (TPSA) is 69.6 Å². The van der Waals surface area contributed by atoms with E-state index < -0.39 is 6.10 Å². The normalized spacial score (nSPS) is 21.3. The standard InChI is InChI=1S/C17H21NO3/c1-12-11-14(9-8-13(12)5-4-10-19)17(21)18-15-6-2-3-7-16(15)20/h8-9,11,15-16,19-20H,2-3,6-7,10H2,1H3,(H,18,21). The molecule has 2 atom stereocenters. The molecule has 1 aromatic carbocycles. The van der Waals surface area contributed by atoms with E-state index in [9.17, 15) is 9.90 Å². The Bertz CT molecular complexity index is 571. The first-order chi connectivity index (χ1) is 10.1. The molecule has 1 fully saturated rings. The highest BCUT2D eigenvalue weighted by Crippen LogP contribution is 2.19. The Kier molecular flexibility index (Phi) is 5.38. The van der Waals surface area contributed by atoms with E-state index in [4.69, 9.17) is 5.11 Å². The fourth-order valence-corrected chi connectivity index (χ4v) is 2.61. The van der Waals surface area contributed by atoms with E-state index in [2.05, 4.69) is 17.2 Å². The van der Waals surface area contributed by atoms with Crippen LogP contribution in [0.1, 0.15) is 47.2 Å². The zero-order valence-corrected chi connectivity index (χ0v) is 12.2. The summed E-state index contributed by atoms with van der Waals surface area (Å²) < 4.78 is 0. The second-order valence-electron chi connectivity index (χ2n) is 5.42. The van der Waals surface area contributed by atoms with Crippen LogP contribution in [0, 0.1) is 18.8 Å². The Morgan fingerprint density at radius 2 is 2.14 bits per heavy atom. The van der Waals surface area contributed by atoms with Crippen molar-refractivity contribution < 1.29 is 15.0 Å². The Labute approximate surface area is 125 Å². The molecule has 1 saturated carbocycles. The fourth-order valence-electron chi connectivity index (χ4n) is 2.61. The smallest absolute Gasteiger partial charge is 0.251 e. The quantitative estimate of drug-likeness (QED) is 0.720. The van der Waals surface area contributed by atoms with Crippen LogP contribution in [0.25, 0.3) is 0 Å². The van der Waals surface area contributed by atoms with E-state index in [1.165, 1.54) is 0 Å². The van der Waals surface area contributed by atoms with Crippen molar-refractivity contribution in [1.82, 2.24) is 5.32 Å². The van der Waals surface area contributed by atoms with Gasteiger partial charge in [-0.05, 0) is 43.5 Å². The first-order valence-corrected chi connectivity index (χ1v) is 7.31. The maximum absolute atomic E-state index is 12.2. The largest absolute Gasteiger partial charge is 0.391 e. The van der Waals surface area contributed by atoms with Crippen molar-refractivity contribution in [2.75, 3.05) is 6.61 Å². The molecule has 2 rings (SSSR count). The van der Waals surface area contributed by atoms with Gasteiger partial charge in [0, 0.05) is 11.1 Å². The number of aliphatic hydroxyl groups is 2. The van der Waals surface area contributed by atoms with E-state index in [0.717, 1.165) is 36.8 Å². The van der Waals surface area contributed by atoms with Crippen LogP contribution in [0.3, 0.4) is 0 Å². The lowest BCUT2D eigenvalue weighted by Crippen LogP contribution is -2.45. The van der Waals surface area contributed by atoms with E-state index in [0.29, 0.717) is 5.56 Å². The summed E-state index contributed by atoms with van der Waals surface area (Å²) in [5, 5.41) is 21.5. The number of aliphatic hydroxyl groups excluding tert-OH is 2. The summed E-state index contributed by atoms with van der Waals surface area (Å²) >= 11 is 0. The van der Waals surface area contributed by atoms with Gasteiger partial charge >= 0.3 is 0 Å². The van der Waals surface area contributed by atoms with Crippen LogP contribution in [-0.2, 0) is 0 Å². The number of amides is 1. The molecule has 4 heteroatoms. The molecule has 2 unspecified atom stereocenters. The second kappa shape index (κ2) is 7.26. The number of carbonyl (C=O) groups excluding carboxylic acids is 1. The summed E-state index contributed by atoms with van der Waals surface area (Å²) in [7, 11) is 0. The van der Waals surface area contributed by atoms with Gasteiger partial charge in [-0.25, -0.2) is 0 Å². The summed E-state index contributed by atoms with van der Waals surface area (Å²) in [6, 6.07) is 5.13. The van der Waals surface area contributed by atoms with E-state index in [1.54, 1.807) is 18.2 Å². The first kappa shape index (κ1) is 15.6. The van der Waals surface area contributed by atoms with E-state index in [1.807, 2.05) is 6.92 Å². The maximum Gasteiger partial charge on any atom is 0.251 e. The second-order valence-corrected chi connectivity index (χ2v) is 5.42. The molecular weight excluding hydrogens is 266 g/mol. The van der Waals surface area contributed by atoms with Crippen molar-refractivity contribution in [2.24, 2.45) is 0 Å². The van der Waals surface area contributed by atoms with E-state index in [-0.39, 0.29) is 18.6 Å². The number of benzene rings is 1. The molecular formula is C17H21NO3. The van der Waals surface area contributed by atoms with Crippen LogP contribution in [0.2, 0.25) is 0 Å². The highest BCUT2D eigenvalue weighted by molar-refractivity contribution is 5.94. The molecule has 0 heterocycles. The van der Waals surface area contributed by atoms with Gasteiger partial charge in [-0.3, -0.25) is 4.79 Å². The fraction of sp³-hybridized carbons (Fsp3) is 0.471. The number of aryl methyl sites for hydroxylation is 1. The molecule has 0 radical (unpaired) electrons. The predicted octanol–water partition coefficient (Wildman–Crippen LogP) is 1.37. The molecule has 1 aliphatic rings.